The number of carbonyl (C=O) groups excluding carboxylic acids is 1. The van der Waals surface area contributed by atoms with Crippen LogP contribution in [0.2, 0.25) is 0 Å². The summed E-state index contributed by atoms with van der Waals surface area (Å²) in [4.78, 5) is 17.0. The van der Waals surface area contributed by atoms with Gasteiger partial charge in [0.1, 0.15) is 6.10 Å². The van der Waals surface area contributed by atoms with Crippen LogP contribution in [0.3, 0.4) is 0 Å². The van der Waals surface area contributed by atoms with E-state index in [1.54, 1.807) is 0 Å². The molecule has 0 aromatic rings. The second kappa shape index (κ2) is 5.79. The van der Waals surface area contributed by atoms with Crippen LogP contribution in [0.15, 0.2) is 0 Å². The Morgan fingerprint density at radius 3 is 2.41 bits per heavy atom. The molecule has 3 rings (SSSR count). The van der Waals surface area contributed by atoms with E-state index >= 15 is 0 Å². The van der Waals surface area contributed by atoms with Gasteiger partial charge in [0, 0.05) is 38.1 Å². The molecular weight excluding hydrogens is 276 g/mol. The Morgan fingerprint density at radius 1 is 1.18 bits per heavy atom. The Balaban J connectivity index is 1.47. The Kier molecular flexibility index (Phi) is 4.28. The molecule has 2 bridgehead atoms. The van der Waals surface area contributed by atoms with Crippen molar-refractivity contribution in [3.63, 3.8) is 0 Å². The fourth-order valence-corrected chi connectivity index (χ4v) is 4.85. The van der Waals surface area contributed by atoms with Crippen LogP contribution in [-0.2, 0) is 9.53 Å². The molecular formula is C18H32N2O2. The van der Waals surface area contributed by atoms with Crippen LogP contribution < -0.4 is 0 Å². The number of carbonyl (C=O) groups is 1. The fourth-order valence-electron chi connectivity index (χ4n) is 4.85. The van der Waals surface area contributed by atoms with Crippen LogP contribution in [0.1, 0.15) is 46.5 Å². The van der Waals surface area contributed by atoms with Crippen LogP contribution in [0.25, 0.3) is 0 Å². The lowest BCUT2D eigenvalue weighted by atomic mass is 9.70. The van der Waals surface area contributed by atoms with Crippen molar-refractivity contribution < 1.29 is 9.53 Å². The van der Waals surface area contributed by atoms with Gasteiger partial charge in [0.2, 0.25) is 0 Å². The van der Waals surface area contributed by atoms with E-state index in [1.807, 2.05) is 0 Å². The number of likely N-dealkylation sites (N-methyl/N-ethyl adjacent to an activating group) is 1. The minimum absolute atomic E-state index is 0.00787. The van der Waals surface area contributed by atoms with E-state index in [9.17, 15) is 4.79 Å². The van der Waals surface area contributed by atoms with Crippen LogP contribution >= 0.6 is 0 Å². The van der Waals surface area contributed by atoms with Crippen LogP contribution in [0.4, 0.5) is 0 Å². The monoisotopic (exact) mass is 308 g/mol. The van der Waals surface area contributed by atoms with Gasteiger partial charge in [-0.3, -0.25) is 4.79 Å². The summed E-state index contributed by atoms with van der Waals surface area (Å²) in [7, 11) is 2.16. The first kappa shape index (κ1) is 16.3. The maximum absolute atomic E-state index is 12.3. The summed E-state index contributed by atoms with van der Waals surface area (Å²) in [6, 6.07) is 0. The zero-order valence-corrected chi connectivity index (χ0v) is 14.7. The average Bonchev–Trinajstić information content (AvgIpc) is 2.80. The average molecular weight is 308 g/mol. The van der Waals surface area contributed by atoms with Crippen LogP contribution in [-0.4, -0.2) is 61.6 Å². The van der Waals surface area contributed by atoms with Gasteiger partial charge >= 0.3 is 5.97 Å². The first-order valence-electron chi connectivity index (χ1n) is 8.93. The van der Waals surface area contributed by atoms with Gasteiger partial charge < -0.3 is 14.5 Å². The van der Waals surface area contributed by atoms with Crippen molar-refractivity contribution in [1.82, 2.24) is 9.80 Å². The molecule has 2 saturated carbocycles. The molecule has 1 aliphatic heterocycles. The summed E-state index contributed by atoms with van der Waals surface area (Å²) in [5, 5.41) is 0. The molecule has 0 aromatic heterocycles. The number of fused-ring (bicyclic) bond motifs is 2. The number of esters is 1. The number of nitrogens with zero attached hydrogens (tertiary/aromatic N) is 2. The van der Waals surface area contributed by atoms with Crippen molar-refractivity contribution >= 4 is 5.97 Å². The van der Waals surface area contributed by atoms with Gasteiger partial charge in [-0.1, -0.05) is 20.8 Å². The highest BCUT2D eigenvalue weighted by atomic mass is 16.5. The topological polar surface area (TPSA) is 32.8 Å². The van der Waals surface area contributed by atoms with E-state index in [4.69, 9.17) is 4.74 Å². The summed E-state index contributed by atoms with van der Waals surface area (Å²) in [6.07, 6.45) is 4.27. The van der Waals surface area contributed by atoms with Gasteiger partial charge in [-0.15, -0.1) is 0 Å². The van der Waals surface area contributed by atoms with Crippen molar-refractivity contribution in [2.45, 2.75) is 52.6 Å². The number of rotatable bonds is 4. The SMILES string of the molecule is CN1CCN(CCC(=O)O[C@@H]2C[C@@H]3CC[C@@]2(C)C3(C)C)CC1. The fraction of sp³-hybridized carbons (Fsp3) is 0.944. The third-order valence-corrected chi connectivity index (χ3v) is 7.22. The molecule has 0 N–H and O–H groups in total. The van der Waals surface area contributed by atoms with Crippen molar-refractivity contribution in [3.05, 3.63) is 0 Å². The first-order chi connectivity index (χ1) is 10.3. The predicted molar refractivity (Wildman–Crippen MR) is 87.7 cm³/mol. The summed E-state index contributed by atoms with van der Waals surface area (Å²) in [6.45, 7) is 12.3. The second-order valence-electron chi connectivity index (χ2n) is 8.48. The predicted octanol–water partition coefficient (Wildman–Crippen LogP) is 2.38. The molecule has 1 saturated heterocycles. The third kappa shape index (κ3) is 2.69. The Bertz CT molecular complexity index is 429. The highest BCUT2D eigenvalue weighted by Gasteiger charge is 2.62. The molecule has 3 fully saturated rings. The molecule has 0 radical (unpaired) electrons. The molecule has 4 nitrogen and oxygen atoms in total. The molecule has 3 atom stereocenters. The normalized spacial score (nSPS) is 38.4. The van der Waals surface area contributed by atoms with Crippen LogP contribution in [0.5, 0.6) is 0 Å². The van der Waals surface area contributed by atoms with E-state index in [0.29, 0.717) is 11.8 Å². The van der Waals surface area contributed by atoms with E-state index in [0.717, 1.165) is 45.1 Å². The van der Waals surface area contributed by atoms with Gasteiger partial charge in [0.25, 0.3) is 0 Å². The highest BCUT2D eigenvalue weighted by Crippen LogP contribution is 2.66. The molecule has 2 aliphatic carbocycles. The minimum atomic E-state index is 0.00787. The third-order valence-electron chi connectivity index (χ3n) is 7.22. The first-order valence-corrected chi connectivity index (χ1v) is 8.93. The van der Waals surface area contributed by atoms with E-state index < -0.39 is 0 Å². The smallest absolute Gasteiger partial charge is 0.307 e. The molecule has 22 heavy (non-hydrogen) atoms. The van der Waals surface area contributed by atoms with E-state index in [2.05, 4.69) is 37.6 Å². The maximum Gasteiger partial charge on any atom is 0.307 e. The van der Waals surface area contributed by atoms with Crippen molar-refractivity contribution in [1.29, 1.82) is 0 Å². The van der Waals surface area contributed by atoms with E-state index in [1.165, 1.54) is 12.8 Å². The lowest BCUT2D eigenvalue weighted by Gasteiger charge is -2.38. The lowest BCUT2D eigenvalue weighted by molar-refractivity contribution is -0.157. The summed E-state index contributed by atoms with van der Waals surface area (Å²) < 4.78 is 5.92. The van der Waals surface area contributed by atoms with Crippen molar-refractivity contribution in [2.75, 3.05) is 39.8 Å². The Morgan fingerprint density at radius 2 is 1.86 bits per heavy atom. The molecule has 0 amide bonds. The zero-order chi connectivity index (χ0) is 16.0. The second-order valence-corrected chi connectivity index (χ2v) is 8.48. The molecule has 3 aliphatic rings. The minimum Gasteiger partial charge on any atom is -0.462 e. The summed E-state index contributed by atoms with van der Waals surface area (Å²) in [5.41, 5.74) is 0.497. The van der Waals surface area contributed by atoms with Crippen molar-refractivity contribution in [3.8, 4) is 0 Å². The van der Waals surface area contributed by atoms with Gasteiger partial charge in [0.15, 0.2) is 0 Å². The molecule has 0 unspecified atom stereocenters. The summed E-state index contributed by atoms with van der Waals surface area (Å²) in [5.74, 6) is 0.737. The molecule has 126 valence electrons. The number of ether oxygens (including phenoxy) is 1. The van der Waals surface area contributed by atoms with Crippen LogP contribution in [0, 0.1) is 16.7 Å². The Labute approximate surface area is 135 Å². The maximum atomic E-state index is 12.3. The van der Waals surface area contributed by atoms with Gasteiger partial charge in [0.05, 0.1) is 6.42 Å². The molecule has 1 heterocycles. The number of hydrogen-bond acceptors (Lipinski definition) is 4. The largest absolute Gasteiger partial charge is 0.462 e. The number of hydrogen-bond donors (Lipinski definition) is 0. The molecule has 0 aromatic carbocycles. The van der Waals surface area contributed by atoms with Gasteiger partial charge in [-0.25, -0.2) is 0 Å². The number of piperazine rings is 1. The quantitative estimate of drug-likeness (QED) is 0.747. The zero-order valence-electron chi connectivity index (χ0n) is 14.7. The Hall–Kier alpha value is -0.610. The summed E-state index contributed by atoms with van der Waals surface area (Å²) >= 11 is 0. The lowest BCUT2D eigenvalue weighted by Crippen LogP contribution is -2.45. The van der Waals surface area contributed by atoms with Crippen molar-refractivity contribution in [2.24, 2.45) is 16.7 Å². The van der Waals surface area contributed by atoms with E-state index in [-0.39, 0.29) is 17.5 Å². The molecule has 4 heteroatoms. The molecule has 0 spiro atoms. The standard InChI is InChI=1S/C18H32N2O2/c1-17(2)14-5-7-18(17,3)15(13-14)22-16(21)6-8-20-11-9-19(4)10-12-20/h14-15H,5-13H2,1-4H3/t14-,15+,18+/m0/s1. The highest BCUT2D eigenvalue weighted by molar-refractivity contribution is 5.70. The van der Waals surface area contributed by atoms with Gasteiger partial charge in [-0.05, 0) is 37.6 Å². The van der Waals surface area contributed by atoms with Gasteiger partial charge in [-0.2, -0.15) is 0 Å².